The van der Waals surface area contributed by atoms with Gasteiger partial charge in [-0.2, -0.15) is 0 Å². The monoisotopic (exact) mass is 352 g/mol. The molecule has 1 aromatic heterocycles. The van der Waals surface area contributed by atoms with Crippen molar-refractivity contribution in [2.45, 2.75) is 20.3 Å². The fourth-order valence-corrected chi connectivity index (χ4v) is 3.17. The molecule has 26 heavy (non-hydrogen) atoms. The molecule has 2 aromatic rings. The zero-order valence-electron chi connectivity index (χ0n) is 15.7. The van der Waals surface area contributed by atoms with Crippen LogP contribution in [0.15, 0.2) is 48.7 Å². The number of anilines is 2. The SMILES string of the molecule is CC(C)CCNC(=O)c1cc(N2CCN(c3ccccc3)CC2)ccn1. The highest BCUT2D eigenvalue weighted by Gasteiger charge is 2.18. The van der Waals surface area contributed by atoms with Gasteiger partial charge in [0.1, 0.15) is 5.69 Å². The maximum absolute atomic E-state index is 12.3. The average Bonchev–Trinajstić information content (AvgIpc) is 2.68. The number of nitrogens with one attached hydrogen (secondary N) is 1. The molecule has 1 saturated heterocycles. The Morgan fingerprint density at radius 3 is 2.35 bits per heavy atom. The summed E-state index contributed by atoms with van der Waals surface area (Å²) in [5.41, 5.74) is 2.84. The Kier molecular flexibility index (Phi) is 6.10. The van der Waals surface area contributed by atoms with Crippen LogP contribution in [0.3, 0.4) is 0 Å². The van der Waals surface area contributed by atoms with Crippen molar-refractivity contribution in [1.82, 2.24) is 10.3 Å². The molecule has 0 saturated carbocycles. The quantitative estimate of drug-likeness (QED) is 0.867. The van der Waals surface area contributed by atoms with Gasteiger partial charge >= 0.3 is 0 Å². The van der Waals surface area contributed by atoms with Crippen LogP contribution >= 0.6 is 0 Å². The standard InChI is InChI=1S/C21H28N4O/c1-17(2)8-10-23-21(26)20-16-19(9-11-22-20)25-14-12-24(13-15-25)18-6-4-3-5-7-18/h3-7,9,11,16-17H,8,10,12-15H2,1-2H3,(H,23,26). The van der Waals surface area contributed by atoms with Crippen LogP contribution < -0.4 is 15.1 Å². The number of carbonyl (C=O) groups is 1. The predicted octanol–water partition coefficient (Wildman–Crippen LogP) is 3.18. The van der Waals surface area contributed by atoms with E-state index in [2.05, 4.69) is 58.2 Å². The van der Waals surface area contributed by atoms with Gasteiger partial charge in [-0.25, -0.2) is 0 Å². The van der Waals surface area contributed by atoms with Crippen molar-refractivity contribution in [3.63, 3.8) is 0 Å². The first-order valence-electron chi connectivity index (χ1n) is 9.42. The number of hydrogen-bond donors (Lipinski definition) is 1. The topological polar surface area (TPSA) is 48.5 Å². The molecule has 1 aliphatic heterocycles. The predicted molar refractivity (Wildman–Crippen MR) is 107 cm³/mol. The van der Waals surface area contributed by atoms with Gasteiger partial charge in [-0.15, -0.1) is 0 Å². The minimum absolute atomic E-state index is 0.0876. The lowest BCUT2D eigenvalue weighted by molar-refractivity contribution is 0.0947. The van der Waals surface area contributed by atoms with E-state index >= 15 is 0 Å². The summed E-state index contributed by atoms with van der Waals surface area (Å²) in [6.45, 7) is 8.82. The summed E-state index contributed by atoms with van der Waals surface area (Å²) in [5, 5.41) is 2.96. The Labute approximate surface area is 156 Å². The molecule has 0 atom stereocenters. The van der Waals surface area contributed by atoms with Crippen molar-refractivity contribution in [3.8, 4) is 0 Å². The fraction of sp³-hybridized carbons (Fsp3) is 0.429. The van der Waals surface area contributed by atoms with E-state index in [0.29, 0.717) is 18.2 Å². The minimum atomic E-state index is -0.0876. The van der Waals surface area contributed by atoms with E-state index in [9.17, 15) is 4.79 Å². The van der Waals surface area contributed by atoms with Gasteiger partial charge in [-0.05, 0) is 36.6 Å². The summed E-state index contributed by atoms with van der Waals surface area (Å²) < 4.78 is 0. The number of nitrogens with zero attached hydrogens (tertiary/aromatic N) is 3. The van der Waals surface area contributed by atoms with Crippen molar-refractivity contribution in [1.29, 1.82) is 0 Å². The Morgan fingerprint density at radius 1 is 1.04 bits per heavy atom. The lowest BCUT2D eigenvalue weighted by Crippen LogP contribution is -2.46. The summed E-state index contributed by atoms with van der Waals surface area (Å²) in [6, 6.07) is 14.4. The Bertz CT molecular complexity index is 709. The molecule has 3 rings (SSSR count). The summed E-state index contributed by atoms with van der Waals surface area (Å²) in [4.78, 5) is 21.3. The average molecular weight is 352 g/mol. The van der Waals surface area contributed by atoms with Gasteiger partial charge in [0.2, 0.25) is 0 Å². The molecule has 5 heteroatoms. The van der Waals surface area contributed by atoms with E-state index in [4.69, 9.17) is 0 Å². The molecule has 0 aliphatic carbocycles. The highest BCUT2D eigenvalue weighted by atomic mass is 16.1. The largest absolute Gasteiger partial charge is 0.368 e. The Hall–Kier alpha value is -2.56. The third kappa shape index (κ3) is 4.75. The number of amides is 1. The fourth-order valence-electron chi connectivity index (χ4n) is 3.17. The van der Waals surface area contributed by atoms with Crippen LogP contribution in [0.2, 0.25) is 0 Å². The van der Waals surface area contributed by atoms with Gasteiger partial charge in [-0.3, -0.25) is 9.78 Å². The minimum Gasteiger partial charge on any atom is -0.368 e. The summed E-state index contributed by atoms with van der Waals surface area (Å²) in [7, 11) is 0. The molecule has 2 heterocycles. The number of benzene rings is 1. The van der Waals surface area contributed by atoms with Gasteiger partial charge in [0, 0.05) is 50.3 Å². The van der Waals surface area contributed by atoms with Crippen LogP contribution in [0.4, 0.5) is 11.4 Å². The molecule has 1 amide bonds. The highest BCUT2D eigenvalue weighted by molar-refractivity contribution is 5.93. The van der Waals surface area contributed by atoms with Crippen molar-refractivity contribution >= 4 is 17.3 Å². The van der Waals surface area contributed by atoms with Crippen LogP contribution in [0, 0.1) is 5.92 Å². The number of rotatable bonds is 6. The highest BCUT2D eigenvalue weighted by Crippen LogP contribution is 2.20. The molecule has 0 unspecified atom stereocenters. The van der Waals surface area contributed by atoms with Crippen LogP contribution in [-0.2, 0) is 0 Å². The molecular weight excluding hydrogens is 324 g/mol. The summed E-state index contributed by atoms with van der Waals surface area (Å²) >= 11 is 0. The third-order valence-corrected chi connectivity index (χ3v) is 4.75. The smallest absolute Gasteiger partial charge is 0.269 e. The zero-order chi connectivity index (χ0) is 18.4. The molecule has 5 nitrogen and oxygen atoms in total. The van der Waals surface area contributed by atoms with Crippen LogP contribution in [0.25, 0.3) is 0 Å². The van der Waals surface area contributed by atoms with Gasteiger partial charge < -0.3 is 15.1 Å². The summed E-state index contributed by atoms with van der Waals surface area (Å²) in [6.07, 6.45) is 2.71. The first-order valence-corrected chi connectivity index (χ1v) is 9.42. The van der Waals surface area contributed by atoms with Gasteiger partial charge in [0.25, 0.3) is 5.91 Å². The Morgan fingerprint density at radius 2 is 1.69 bits per heavy atom. The number of hydrogen-bond acceptors (Lipinski definition) is 4. The molecule has 0 radical (unpaired) electrons. The lowest BCUT2D eigenvalue weighted by Gasteiger charge is -2.37. The van der Waals surface area contributed by atoms with E-state index in [0.717, 1.165) is 38.3 Å². The second kappa shape index (κ2) is 8.70. The molecule has 1 aliphatic rings. The molecule has 1 N–H and O–H groups in total. The Balaban J connectivity index is 1.58. The third-order valence-electron chi connectivity index (χ3n) is 4.75. The maximum atomic E-state index is 12.3. The second-order valence-electron chi connectivity index (χ2n) is 7.15. The van der Waals surface area contributed by atoms with Crippen molar-refractivity contribution < 1.29 is 4.79 Å². The van der Waals surface area contributed by atoms with E-state index in [1.807, 2.05) is 18.2 Å². The van der Waals surface area contributed by atoms with Gasteiger partial charge in [0.05, 0.1) is 0 Å². The van der Waals surface area contributed by atoms with Crippen molar-refractivity contribution in [2.75, 3.05) is 42.5 Å². The molecule has 138 valence electrons. The van der Waals surface area contributed by atoms with Crippen molar-refractivity contribution in [2.24, 2.45) is 5.92 Å². The van der Waals surface area contributed by atoms with Gasteiger partial charge in [0.15, 0.2) is 0 Å². The number of piperazine rings is 1. The normalized spacial score (nSPS) is 14.6. The van der Waals surface area contributed by atoms with Crippen LogP contribution in [0.1, 0.15) is 30.8 Å². The van der Waals surface area contributed by atoms with Crippen molar-refractivity contribution in [3.05, 3.63) is 54.4 Å². The molecule has 0 spiro atoms. The summed E-state index contributed by atoms with van der Waals surface area (Å²) in [5.74, 6) is 0.492. The zero-order valence-corrected chi connectivity index (χ0v) is 15.7. The molecule has 1 aromatic carbocycles. The number of pyridine rings is 1. The first kappa shape index (κ1) is 18.2. The van der Waals surface area contributed by atoms with E-state index in [-0.39, 0.29) is 5.91 Å². The van der Waals surface area contributed by atoms with E-state index < -0.39 is 0 Å². The molecular formula is C21H28N4O. The second-order valence-corrected chi connectivity index (χ2v) is 7.15. The van der Waals surface area contributed by atoms with E-state index in [1.54, 1.807) is 6.20 Å². The molecule has 1 fully saturated rings. The number of aromatic nitrogens is 1. The van der Waals surface area contributed by atoms with Crippen LogP contribution in [-0.4, -0.2) is 43.6 Å². The first-order chi connectivity index (χ1) is 12.6. The van der Waals surface area contributed by atoms with Gasteiger partial charge in [-0.1, -0.05) is 32.0 Å². The number of para-hydroxylation sites is 1. The molecule has 0 bridgehead atoms. The number of carbonyl (C=O) groups excluding carboxylic acids is 1. The van der Waals surface area contributed by atoms with Crippen LogP contribution in [0.5, 0.6) is 0 Å². The maximum Gasteiger partial charge on any atom is 0.269 e. The lowest BCUT2D eigenvalue weighted by atomic mass is 10.1. The van der Waals surface area contributed by atoms with E-state index in [1.165, 1.54) is 5.69 Å².